The molecule has 2 aromatic rings. The molecule has 1 amide bonds. The Balaban J connectivity index is 1.96. The number of methoxy groups -OCH3 is 1. The lowest BCUT2D eigenvalue weighted by Crippen LogP contribution is -2.28. The largest absolute Gasteiger partial charge is 0.472 e. The number of carbonyl (C=O) groups is 1. The quantitative estimate of drug-likeness (QED) is 0.746. The van der Waals surface area contributed by atoms with Gasteiger partial charge >= 0.3 is 6.09 Å². The maximum atomic E-state index is 11.5. The van der Waals surface area contributed by atoms with Crippen LogP contribution in [0, 0.1) is 0 Å². The summed E-state index contributed by atoms with van der Waals surface area (Å²) in [6, 6.07) is 9.03. The molecular weight excluding hydrogens is 334 g/mol. The van der Waals surface area contributed by atoms with E-state index in [0.717, 1.165) is 10.8 Å². The number of nitrogens with zero attached hydrogens (tertiary/aromatic N) is 3. The number of amides is 1. The van der Waals surface area contributed by atoms with Crippen LogP contribution in [0.2, 0.25) is 5.02 Å². The Hall–Kier alpha value is -2.51. The van der Waals surface area contributed by atoms with Crippen LogP contribution in [0.5, 0.6) is 5.88 Å². The molecule has 0 bridgehead atoms. The number of hydrogen-bond donors (Lipinski definition) is 0. The molecule has 7 nitrogen and oxygen atoms in total. The summed E-state index contributed by atoms with van der Waals surface area (Å²) in [5.41, 5.74) is 1.42. The number of rotatable bonds is 6. The Morgan fingerprint density at radius 1 is 1.29 bits per heavy atom. The molecule has 0 aliphatic carbocycles. The van der Waals surface area contributed by atoms with Crippen LogP contribution < -0.4 is 4.74 Å². The summed E-state index contributed by atoms with van der Waals surface area (Å²) < 4.78 is 11.8. The van der Waals surface area contributed by atoms with Crippen LogP contribution in [0.3, 0.4) is 0 Å². The van der Waals surface area contributed by atoms with E-state index in [-0.39, 0.29) is 6.61 Å². The fraction of sp³-hybridized carbons (Fsp3) is 0.250. The van der Waals surface area contributed by atoms with Crippen LogP contribution >= 0.6 is 11.6 Å². The summed E-state index contributed by atoms with van der Waals surface area (Å²) in [5.74, 6) is 0.455. The molecule has 0 atom stereocenters. The molecule has 0 saturated carbocycles. The predicted octanol–water partition coefficient (Wildman–Crippen LogP) is 3.44. The van der Waals surface area contributed by atoms with Crippen molar-refractivity contribution in [1.29, 1.82) is 0 Å². The molecule has 1 aromatic carbocycles. The van der Waals surface area contributed by atoms with E-state index in [2.05, 4.69) is 9.84 Å². The summed E-state index contributed by atoms with van der Waals surface area (Å²) in [6.07, 6.45) is 2.85. The van der Waals surface area contributed by atoms with Gasteiger partial charge in [-0.05, 0) is 37.3 Å². The number of allylic oxidation sites excluding steroid dienone is 1. The third-order valence-corrected chi connectivity index (χ3v) is 3.36. The van der Waals surface area contributed by atoms with E-state index in [9.17, 15) is 4.79 Å². The van der Waals surface area contributed by atoms with Crippen molar-refractivity contribution in [2.24, 2.45) is 0 Å². The van der Waals surface area contributed by atoms with Gasteiger partial charge in [-0.3, -0.25) is 4.84 Å². The molecule has 1 heterocycles. The van der Waals surface area contributed by atoms with Crippen LogP contribution in [0.1, 0.15) is 6.92 Å². The predicted molar refractivity (Wildman–Crippen MR) is 89.1 cm³/mol. The van der Waals surface area contributed by atoms with E-state index in [1.54, 1.807) is 42.1 Å². The lowest BCUT2D eigenvalue weighted by Gasteiger charge is -2.18. The monoisotopic (exact) mass is 351 g/mol. The van der Waals surface area contributed by atoms with Crippen molar-refractivity contribution >= 4 is 17.7 Å². The smallest absolute Gasteiger partial charge is 0.438 e. The number of carbonyl (C=O) groups excluding carboxylic acids is 1. The lowest BCUT2D eigenvalue weighted by atomic mass is 10.3. The molecule has 0 radical (unpaired) electrons. The number of hydroxylamine groups is 2. The zero-order valence-corrected chi connectivity index (χ0v) is 14.4. The second-order valence-electron chi connectivity index (χ2n) is 4.68. The molecule has 0 aliphatic rings. The molecule has 1 aromatic heterocycles. The molecule has 0 N–H and O–H groups in total. The molecule has 0 fully saturated rings. The first-order chi connectivity index (χ1) is 11.5. The minimum absolute atomic E-state index is 0.223. The first-order valence-electron chi connectivity index (χ1n) is 7.08. The van der Waals surface area contributed by atoms with Crippen molar-refractivity contribution in [3.63, 3.8) is 0 Å². The molecule has 2 rings (SSSR count). The van der Waals surface area contributed by atoms with Crippen LogP contribution in [-0.2, 0) is 9.57 Å². The van der Waals surface area contributed by atoms with E-state index >= 15 is 0 Å². The fourth-order valence-electron chi connectivity index (χ4n) is 1.90. The van der Waals surface area contributed by atoms with E-state index in [1.807, 2.05) is 12.1 Å². The van der Waals surface area contributed by atoms with E-state index < -0.39 is 6.09 Å². The number of benzene rings is 1. The number of hydrogen-bond acceptors (Lipinski definition) is 5. The highest BCUT2D eigenvalue weighted by Gasteiger charge is 2.14. The molecule has 0 aliphatic heterocycles. The van der Waals surface area contributed by atoms with Gasteiger partial charge in [0, 0.05) is 23.0 Å². The van der Waals surface area contributed by atoms with E-state index in [1.165, 1.54) is 14.2 Å². The standard InChI is InChI=1S/C16H18ClN3O4/c1-12(20(23-3)16(21)22-2)9-11-24-15-8-10-19(18-15)14-6-4-13(17)5-7-14/h4-10H,11H2,1-3H3. The maximum Gasteiger partial charge on any atom is 0.438 e. The van der Waals surface area contributed by atoms with Crippen LogP contribution in [-0.4, -0.2) is 41.8 Å². The van der Waals surface area contributed by atoms with Crippen molar-refractivity contribution in [2.75, 3.05) is 20.8 Å². The van der Waals surface area contributed by atoms with Gasteiger partial charge in [0.25, 0.3) is 0 Å². The average molecular weight is 352 g/mol. The van der Waals surface area contributed by atoms with E-state index in [0.29, 0.717) is 16.6 Å². The molecule has 0 unspecified atom stereocenters. The first kappa shape index (κ1) is 17.8. The van der Waals surface area contributed by atoms with Crippen LogP contribution in [0.15, 0.2) is 48.3 Å². The molecular formula is C16H18ClN3O4. The average Bonchev–Trinajstić information content (AvgIpc) is 3.04. The fourth-order valence-corrected chi connectivity index (χ4v) is 2.02. The third-order valence-electron chi connectivity index (χ3n) is 3.11. The van der Waals surface area contributed by atoms with Crippen molar-refractivity contribution in [2.45, 2.75) is 6.92 Å². The second-order valence-corrected chi connectivity index (χ2v) is 5.11. The Morgan fingerprint density at radius 2 is 2.00 bits per heavy atom. The summed E-state index contributed by atoms with van der Waals surface area (Å²) in [7, 11) is 2.66. The van der Waals surface area contributed by atoms with Gasteiger partial charge in [0.15, 0.2) is 0 Å². The van der Waals surface area contributed by atoms with Gasteiger partial charge in [-0.2, -0.15) is 5.06 Å². The summed E-state index contributed by atoms with van der Waals surface area (Å²) >= 11 is 5.86. The van der Waals surface area contributed by atoms with Crippen molar-refractivity contribution < 1.29 is 19.1 Å². The number of halogens is 1. The minimum atomic E-state index is -0.613. The normalized spacial score (nSPS) is 11.2. The molecule has 8 heteroatoms. The van der Waals surface area contributed by atoms with Gasteiger partial charge in [-0.1, -0.05) is 11.6 Å². The highest BCUT2D eigenvalue weighted by molar-refractivity contribution is 6.30. The van der Waals surface area contributed by atoms with Crippen molar-refractivity contribution in [1.82, 2.24) is 14.8 Å². The highest BCUT2D eigenvalue weighted by Crippen LogP contribution is 2.15. The molecule has 24 heavy (non-hydrogen) atoms. The molecule has 0 spiro atoms. The SMILES string of the molecule is COC(=O)N(OC)C(C)=CCOc1ccn(-c2ccc(Cl)cc2)n1. The molecule has 128 valence electrons. The Morgan fingerprint density at radius 3 is 2.62 bits per heavy atom. The summed E-state index contributed by atoms with van der Waals surface area (Å²) in [4.78, 5) is 16.4. The lowest BCUT2D eigenvalue weighted by molar-refractivity contribution is -0.0792. The van der Waals surface area contributed by atoms with Gasteiger partial charge in [0.2, 0.25) is 5.88 Å². The number of aromatic nitrogens is 2. The van der Waals surface area contributed by atoms with Crippen molar-refractivity contribution in [3.05, 3.63) is 53.3 Å². The van der Waals surface area contributed by atoms with Gasteiger partial charge in [-0.25, -0.2) is 9.48 Å². The third kappa shape index (κ3) is 4.50. The maximum absolute atomic E-state index is 11.5. The Kier molecular flexibility index (Phi) is 6.22. The topological polar surface area (TPSA) is 65.8 Å². The Labute approximate surface area is 144 Å². The summed E-state index contributed by atoms with van der Waals surface area (Å²) in [5, 5.41) is 6.00. The highest BCUT2D eigenvalue weighted by atomic mass is 35.5. The zero-order chi connectivity index (χ0) is 17.5. The second kappa shape index (κ2) is 8.37. The number of ether oxygens (including phenoxy) is 2. The van der Waals surface area contributed by atoms with Crippen molar-refractivity contribution in [3.8, 4) is 11.6 Å². The van der Waals surface area contributed by atoms with Gasteiger partial charge < -0.3 is 9.47 Å². The van der Waals surface area contributed by atoms with Crippen LogP contribution in [0.25, 0.3) is 5.69 Å². The van der Waals surface area contributed by atoms with Gasteiger partial charge in [-0.15, -0.1) is 5.10 Å². The first-order valence-corrected chi connectivity index (χ1v) is 7.46. The van der Waals surface area contributed by atoms with Gasteiger partial charge in [0.1, 0.15) is 6.61 Å². The van der Waals surface area contributed by atoms with Crippen LogP contribution in [0.4, 0.5) is 4.79 Å². The summed E-state index contributed by atoms with van der Waals surface area (Å²) in [6.45, 7) is 1.93. The minimum Gasteiger partial charge on any atom is -0.472 e. The van der Waals surface area contributed by atoms with Gasteiger partial charge in [0.05, 0.1) is 19.9 Å². The molecule has 0 saturated heterocycles. The van der Waals surface area contributed by atoms with E-state index in [4.69, 9.17) is 21.2 Å². The zero-order valence-electron chi connectivity index (χ0n) is 13.6. The Bertz CT molecular complexity index is 712.